The van der Waals surface area contributed by atoms with Crippen LogP contribution in [0.5, 0.6) is 5.88 Å². The number of ether oxygens (including phenoxy) is 2. The first-order valence-corrected chi connectivity index (χ1v) is 9.40. The molecule has 1 fully saturated rings. The quantitative estimate of drug-likeness (QED) is 0.777. The standard InChI is InChI=1S/C20H24FN5O4/c1-29-18-6-4-15(12-22-18)23-19(27)24-17-11-14(3-5-16(17)21)13-25-7-9-26(10-8-25)20(28)30-2/h3-6,11-12H,7-10,13H2,1-2H3,(H2,23,24,27). The highest BCUT2D eigenvalue weighted by atomic mass is 19.1. The van der Waals surface area contributed by atoms with E-state index in [-0.39, 0.29) is 11.8 Å². The third-order valence-electron chi connectivity index (χ3n) is 4.69. The third-order valence-corrected chi connectivity index (χ3v) is 4.69. The molecule has 160 valence electrons. The molecule has 3 rings (SSSR count). The monoisotopic (exact) mass is 417 g/mol. The molecule has 0 spiro atoms. The van der Waals surface area contributed by atoms with Gasteiger partial charge in [0.15, 0.2) is 0 Å². The lowest BCUT2D eigenvalue weighted by atomic mass is 10.1. The number of nitrogens with zero attached hydrogens (tertiary/aromatic N) is 3. The summed E-state index contributed by atoms with van der Waals surface area (Å²) in [4.78, 5) is 31.6. The Hall–Kier alpha value is -3.40. The smallest absolute Gasteiger partial charge is 0.409 e. The van der Waals surface area contributed by atoms with Crippen LogP contribution in [0.3, 0.4) is 0 Å². The van der Waals surface area contributed by atoms with Crippen molar-refractivity contribution in [2.45, 2.75) is 6.54 Å². The molecule has 1 saturated heterocycles. The van der Waals surface area contributed by atoms with Gasteiger partial charge in [0.25, 0.3) is 0 Å². The Kier molecular flexibility index (Phi) is 7.02. The van der Waals surface area contributed by atoms with Crippen LogP contribution < -0.4 is 15.4 Å². The number of nitrogens with one attached hydrogen (secondary N) is 2. The van der Waals surface area contributed by atoms with Crippen molar-refractivity contribution in [2.24, 2.45) is 0 Å². The molecule has 2 N–H and O–H groups in total. The van der Waals surface area contributed by atoms with Crippen molar-refractivity contribution in [3.8, 4) is 5.88 Å². The Balaban J connectivity index is 1.57. The molecule has 1 aliphatic heterocycles. The topological polar surface area (TPSA) is 96.0 Å². The highest BCUT2D eigenvalue weighted by Crippen LogP contribution is 2.19. The van der Waals surface area contributed by atoms with E-state index >= 15 is 0 Å². The largest absolute Gasteiger partial charge is 0.481 e. The molecule has 0 radical (unpaired) electrons. The van der Waals surface area contributed by atoms with Gasteiger partial charge in [0.05, 0.1) is 31.8 Å². The molecule has 3 amide bonds. The number of hydrogen-bond donors (Lipinski definition) is 2. The van der Waals surface area contributed by atoms with Crippen molar-refractivity contribution in [3.05, 3.63) is 47.9 Å². The molecule has 10 heteroatoms. The van der Waals surface area contributed by atoms with E-state index in [1.54, 1.807) is 29.2 Å². The van der Waals surface area contributed by atoms with Gasteiger partial charge in [-0.3, -0.25) is 4.90 Å². The van der Waals surface area contributed by atoms with E-state index in [0.29, 0.717) is 44.3 Å². The van der Waals surface area contributed by atoms with E-state index in [2.05, 4.69) is 20.5 Å². The summed E-state index contributed by atoms with van der Waals surface area (Å²) < 4.78 is 23.9. The van der Waals surface area contributed by atoms with Crippen molar-refractivity contribution in [1.82, 2.24) is 14.8 Å². The van der Waals surface area contributed by atoms with Gasteiger partial charge < -0.3 is 25.0 Å². The van der Waals surface area contributed by atoms with Crippen LogP contribution in [0.1, 0.15) is 5.56 Å². The predicted octanol–water partition coefficient (Wildman–Crippen LogP) is 2.76. The van der Waals surface area contributed by atoms with Gasteiger partial charge in [-0.1, -0.05) is 6.07 Å². The fourth-order valence-corrected chi connectivity index (χ4v) is 3.10. The number of aromatic nitrogens is 1. The van der Waals surface area contributed by atoms with Crippen LogP contribution in [0.15, 0.2) is 36.5 Å². The predicted molar refractivity (Wildman–Crippen MR) is 109 cm³/mol. The van der Waals surface area contributed by atoms with Crippen LogP contribution >= 0.6 is 0 Å². The number of hydrogen-bond acceptors (Lipinski definition) is 6. The maximum absolute atomic E-state index is 14.2. The lowest BCUT2D eigenvalue weighted by Gasteiger charge is -2.33. The Bertz CT molecular complexity index is 885. The van der Waals surface area contributed by atoms with Gasteiger partial charge in [-0.15, -0.1) is 0 Å². The fourth-order valence-electron chi connectivity index (χ4n) is 3.10. The molecule has 0 aliphatic carbocycles. The summed E-state index contributed by atoms with van der Waals surface area (Å²) in [6, 6.07) is 7.27. The maximum atomic E-state index is 14.2. The zero-order valence-electron chi connectivity index (χ0n) is 16.9. The number of piperazine rings is 1. The summed E-state index contributed by atoms with van der Waals surface area (Å²) in [6.07, 6.45) is 1.11. The number of rotatable bonds is 5. The molecule has 0 saturated carbocycles. The molecule has 30 heavy (non-hydrogen) atoms. The van der Waals surface area contributed by atoms with Crippen LogP contribution in [-0.4, -0.2) is 67.3 Å². The third kappa shape index (κ3) is 5.57. The van der Waals surface area contributed by atoms with Crippen LogP contribution in [0.4, 0.5) is 25.4 Å². The number of anilines is 2. The van der Waals surface area contributed by atoms with E-state index in [0.717, 1.165) is 5.56 Å². The van der Waals surface area contributed by atoms with Crippen molar-refractivity contribution in [1.29, 1.82) is 0 Å². The molecule has 1 aliphatic rings. The number of benzene rings is 1. The minimum absolute atomic E-state index is 0.0830. The number of carbonyl (C=O) groups is 2. The normalized spacial score (nSPS) is 14.2. The highest BCUT2D eigenvalue weighted by molar-refractivity contribution is 5.99. The van der Waals surface area contributed by atoms with Gasteiger partial charge in [0.1, 0.15) is 5.82 Å². The van der Waals surface area contributed by atoms with E-state index in [1.165, 1.54) is 26.5 Å². The summed E-state index contributed by atoms with van der Waals surface area (Å²) in [5.74, 6) is -0.107. The van der Waals surface area contributed by atoms with Gasteiger partial charge in [-0.25, -0.2) is 19.0 Å². The van der Waals surface area contributed by atoms with Crippen molar-refractivity contribution in [2.75, 3.05) is 51.0 Å². The lowest BCUT2D eigenvalue weighted by Crippen LogP contribution is -2.48. The molecule has 0 bridgehead atoms. The zero-order chi connectivity index (χ0) is 21.5. The van der Waals surface area contributed by atoms with E-state index < -0.39 is 11.8 Å². The van der Waals surface area contributed by atoms with Gasteiger partial charge in [-0.2, -0.15) is 0 Å². The molecule has 2 heterocycles. The minimum Gasteiger partial charge on any atom is -0.481 e. The highest BCUT2D eigenvalue weighted by Gasteiger charge is 2.21. The Morgan fingerprint density at radius 1 is 1.10 bits per heavy atom. The van der Waals surface area contributed by atoms with Crippen molar-refractivity contribution < 1.29 is 23.5 Å². The average Bonchev–Trinajstić information content (AvgIpc) is 2.76. The van der Waals surface area contributed by atoms with Gasteiger partial charge in [-0.05, 0) is 23.8 Å². The number of halogens is 1. The first-order valence-electron chi connectivity index (χ1n) is 9.40. The molecule has 0 atom stereocenters. The van der Waals surface area contributed by atoms with E-state index in [4.69, 9.17) is 9.47 Å². The zero-order valence-corrected chi connectivity index (χ0v) is 16.9. The first-order chi connectivity index (χ1) is 14.5. The summed E-state index contributed by atoms with van der Waals surface area (Å²) in [5, 5.41) is 5.12. The van der Waals surface area contributed by atoms with Gasteiger partial charge in [0, 0.05) is 38.8 Å². The first kappa shape index (κ1) is 21.3. The van der Waals surface area contributed by atoms with Crippen LogP contribution in [0.25, 0.3) is 0 Å². The molecule has 2 aromatic rings. The second kappa shape index (κ2) is 9.88. The van der Waals surface area contributed by atoms with Crippen LogP contribution in [-0.2, 0) is 11.3 Å². The second-order valence-electron chi connectivity index (χ2n) is 6.72. The number of methoxy groups -OCH3 is 2. The minimum atomic E-state index is -0.579. The van der Waals surface area contributed by atoms with Crippen molar-refractivity contribution >= 4 is 23.5 Å². The van der Waals surface area contributed by atoms with E-state index in [1.807, 2.05) is 0 Å². The molecular weight excluding hydrogens is 393 g/mol. The molecule has 1 aromatic heterocycles. The van der Waals surface area contributed by atoms with Gasteiger partial charge in [0.2, 0.25) is 5.88 Å². The fraction of sp³-hybridized carbons (Fsp3) is 0.350. The maximum Gasteiger partial charge on any atom is 0.409 e. The van der Waals surface area contributed by atoms with Crippen LogP contribution in [0.2, 0.25) is 0 Å². The number of urea groups is 1. The number of pyridine rings is 1. The van der Waals surface area contributed by atoms with Crippen molar-refractivity contribution in [3.63, 3.8) is 0 Å². The average molecular weight is 417 g/mol. The summed E-state index contributed by atoms with van der Waals surface area (Å²) in [6.45, 7) is 3.07. The summed E-state index contributed by atoms with van der Waals surface area (Å²) >= 11 is 0. The lowest BCUT2D eigenvalue weighted by molar-refractivity contribution is 0.0889. The Labute approximate surface area is 173 Å². The Morgan fingerprint density at radius 2 is 1.87 bits per heavy atom. The molecule has 0 unspecified atom stereocenters. The Morgan fingerprint density at radius 3 is 2.50 bits per heavy atom. The van der Waals surface area contributed by atoms with E-state index in [9.17, 15) is 14.0 Å². The number of amides is 3. The van der Waals surface area contributed by atoms with Gasteiger partial charge >= 0.3 is 12.1 Å². The molecule has 1 aromatic carbocycles. The SMILES string of the molecule is COC(=O)N1CCN(Cc2ccc(F)c(NC(=O)Nc3ccc(OC)nc3)c2)CC1. The molecular formula is C20H24FN5O4. The summed E-state index contributed by atoms with van der Waals surface area (Å²) in [5.41, 5.74) is 1.39. The second-order valence-corrected chi connectivity index (χ2v) is 6.72. The number of carbonyl (C=O) groups excluding carboxylic acids is 2. The summed E-state index contributed by atoms with van der Waals surface area (Å²) in [7, 11) is 2.86. The van der Waals surface area contributed by atoms with Crippen LogP contribution in [0, 0.1) is 5.82 Å². The molecule has 9 nitrogen and oxygen atoms in total.